The summed E-state index contributed by atoms with van der Waals surface area (Å²) in [5.74, 6) is 4.08. The summed E-state index contributed by atoms with van der Waals surface area (Å²) in [6, 6.07) is 0. The Balaban J connectivity index is 0.000000963. The summed E-state index contributed by atoms with van der Waals surface area (Å²) < 4.78 is 0. The number of carbonyl (C=O) groups excluding carboxylic acids is 1. The lowest BCUT2D eigenvalue weighted by atomic mass is 10.0. The van der Waals surface area contributed by atoms with Gasteiger partial charge in [0.2, 0.25) is 5.91 Å². The molecule has 0 aromatic carbocycles. The van der Waals surface area contributed by atoms with Gasteiger partial charge in [0.1, 0.15) is 0 Å². The molecule has 2 N–H and O–H groups in total. The molecule has 92 valence electrons. The van der Waals surface area contributed by atoms with Crippen LogP contribution < -0.4 is 10.6 Å². The molecule has 0 heterocycles. The Labute approximate surface area is 103 Å². The van der Waals surface area contributed by atoms with E-state index in [0.717, 1.165) is 36.8 Å². The molecule has 4 unspecified atom stereocenters. The quantitative estimate of drug-likeness (QED) is 0.726. The van der Waals surface area contributed by atoms with Crippen LogP contribution in [-0.4, -0.2) is 26.0 Å². The van der Waals surface area contributed by atoms with Crippen LogP contribution in [0, 0.1) is 29.6 Å². The maximum Gasteiger partial charge on any atom is 0.223 e. The molecule has 0 aromatic rings. The van der Waals surface area contributed by atoms with E-state index < -0.39 is 0 Å². The molecule has 3 fully saturated rings. The highest BCUT2D eigenvalue weighted by Gasteiger charge is 2.67. The van der Waals surface area contributed by atoms with Gasteiger partial charge in [0.25, 0.3) is 0 Å². The van der Waals surface area contributed by atoms with Crippen molar-refractivity contribution < 1.29 is 4.79 Å². The summed E-state index contributed by atoms with van der Waals surface area (Å²) in [6.45, 7) is 1.65. The second-order valence-corrected chi connectivity index (χ2v) is 5.41. The van der Waals surface area contributed by atoms with Gasteiger partial charge in [-0.05, 0) is 50.0 Å². The zero-order chi connectivity index (χ0) is 10.4. The normalized spacial score (nSPS) is 42.4. The van der Waals surface area contributed by atoms with Crippen LogP contribution in [-0.2, 0) is 4.79 Å². The van der Waals surface area contributed by atoms with E-state index in [1.807, 2.05) is 7.05 Å². The number of rotatable bonds is 4. The monoisotopic (exact) mass is 244 g/mol. The molecular formula is C12H21ClN2O. The average molecular weight is 245 g/mol. The van der Waals surface area contributed by atoms with Gasteiger partial charge in [-0.1, -0.05) is 0 Å². The summed E-state index contributed by atoms with van der Waals surface area (Å²) in [5.41, 5.74) is 0. The van der Waals surface area contributed by atoms with E-state index in [0.29, 0.717) is 11.8 Å². The van der Waals surface area contributed by atoms with Gasteiger partial charge in [-0.15, -0.1) is 12.4 Å². The SMILES string of the molecule is CNCCNC(=O)C1C2C3CCC(C3)C12.Cl. The molecule has 4 heteroatoms. The number of hydrogen-bond acceptors (Lipinski definition) is 2. The average Bonchev–Trinajstić information content (AvgIpc) is 2.68. The van der Waals surface area contributed by atoms with Gasteiger partial charge < -0.3 is 10.6 Å². The highest BCUT2D eigenvalue weighted by molar-refractivity contribution is 5.85. The van der Waals surface area contributed by atoms with Crippen LogP contribution in [0.1, 0.15) is 19.3 Å². The van der Waals surface area contributed by atoms with Crippen molar-refractivity contribution in [2.45, 2.75) is 19.3 Å². The lowest BCUT2D eigenvalue weighted by molar-refractivity contribution is -0.123. The number of likely N-dealkylation sites (N-methyl/N-ethyl adjacent to an activating group) is 1. The summed E-state index contributed by atoms with van der Waals surface area (Å²) >= 11 is 0. The molecule has 3 aliphatic rings. The van der Waals surface area contributed by atoms with Crippen molar-refractivity contribution in [3.05, 3.63) is 0 Å². The summed E-state index contributed by atoms with van der Waals surface area (Å²) in [5, 5.41) is 6.09. The van der Waals surface area contributed by atoms with Crippen LogP contribution in [0.5, 0.6) is 0 Å². The first-order chi connectivity index (χ1) is 7.33. The van der Waals surface area contributed by atoms with Crippen molar-refractivity contribution in [2.75, 3.05) is 20.1 Å². The minimum atomic E-state index is 0. The van der Waals surface area contributed by atoms with Gasteiger partial charge >= 0.3 is 0 Å². The second-order valence-electron chi connectivity index (χ2n) is 5.41. The number of nitrogens with one attached hydrogen (secondary N) is 2. The topological polar surface area (TPSA) is 41.1 Å². The van der Waals surface area contributed by atoms with Crippen molar-refractivity contribution in [2.24, 2.45) is 29.6 Å². The fourth-order valence-corrected chi connectivity index (χ4v) is 4.10. The Hall–Kier alpha value is -0.280. The standard InChI is InChI=1S/C12H20N2O.ClH/c1-13-4-5-14-12(15)11-9-7-2-3-8(6-7)10(9)11;/h7-11,13H,2-6H2,1H3,(H,14,15);1H. The molecule has 3 rings (SSSR count). The van der Waals surface area contributed by atoms with Crippen LogP contribution in [0.2, 0.25) is 0 Å². The molecule has 0 aliphatic heterocycles. The Morgan fingerprint density at radius 3 is 2.38 bits per heavy atom. The van der Waals surface area contributed by atoms with E-state index >= 15 is 0 Å². The van der Waals surface area contributed by atoms with Gasteiger partial charge in [-0.3, -0.25) is 4.79 Å². The van der Waals surface area contributed by atoms with E-state index in [1.165, 1.54) is 19.3 Å². The third-order valence-electron chi connectivity index (χ3n) is 4.71. The summed E-state index contributed by atoms with van der Waals surface area (Å²) in [7, 11) is 1.91. The molecule has 0 spiro atoms. The first-order valence-electron chi connectivity index (χ1n) is 6.25. The fourth-order valence-electron chi connectivity index (χ4n) is 4.10. The fraction of sp³-hybridized carbons (Fsp3) is 0.917. The predicted octanol–water partition coefficient (Wildman–Crippen LogP) is 1.04. The molecule has 0 aromatic heterocycles. The van der Waals surface area contributed by atoms with Crippen LogP contribution in [0.4, 0.5) is 0 Å². The minimum Gasteiger partial charge on any atom is -0.355 e. The molecule has 4 atom stereocenters. The van der Waals surface area contributed by atoms with E-state index in [9.17, 15) is 4.79 Å². The Bertz CT molecular complexity index is 268. The molecule has 3 aliphatic carbocycles. The first-order valence-corrected chi connectivity index (χ1v) is 6.25. The summed E-state index contributed by atoms with van der Waals surface area (Å²) in [6.07, 6.45) is 4.22. The van der Waals surface area contributed by atoms with Gasteiger partial charge in [0.05, 0.1) is 0 Å². The zero-order valence-corrected chi connectivity index (χ0v) is 10.6. The lowest BCUT2D eigenvalue weighted by Crippen LogP contribution is -2.32. The largest absolute Gasteiger partial charge is 0.355 e. The molecule has 1 amide bonds. The maximum absolute atomic E-state index is 11.9. The highest BCUT2D eigenvalue weighted by atomic mass is 35.5. The Morgan fingerprint density at radius 1 is 1.19 bits per heavy atom. The molecule has 0 saturated heterocycles. The third kappa shape index (κ3) is 1.74. The van der Waals surface area contributed by atoms with Crippen molar-refractivity contribution in [1.82, 2.24) is 10.6 Å². The van der Waals surface area contributed by atoms with Gasteiger partial charge in [-0.2, -0.15) is 0 Å². The van der Waals surface area contributed by atoms with Gasteiger partial charge in [0.15, 0.2) is 0 Å². The van der Waals surface area contributed by atoms with Crippen LogP contribution in [0.25, 0.3) is 0 Å². The van der Waals surface area contributed by atoms with E-state index in [4.69, 9.17) is 0 Å². The molecular weight excluding hydrogens is 224 g/mol. The molecule has 16 heavy (non-hydrogen) atoms. The molecule has 0 radical (unpaired) electrons. The number of fused-ring (bicyclic) bond motifs is 5. The zero-order valence-electron chi connectivity index (χ0n) is 9.74. The Morgan fingerprint density at radius 2 is 1.81 bits per heavy atom. The number of carbonyl (C=O) groups is 1. The first kappa shape index (κ1) is 12.2. The van der Waals surface area contributed by atoms with Crippen molar-refractivity contribution in [3.63, 3.8) is 0 Å². The number of hydrogen-bond donors (Lipinski definition) is 2. The number of amides is 1. The lowest BCUT2D eigenvalue weighted by Gasteiger charge is -2.09. The van der Waals surface area contributed by atoms with Crippen molar-refractivity contribution in [1.29, 1.82) is 0 Å². The van der Waals surface area contributed by atoms with Gasteiger partial charge in [0, 0.05) is 19.0 Å². The molecule has 2 bridgehead atoms. The maximum atomic E-state index is 11.9. The minimum absolute atomic E-state index is 0. The highest BCUT2D eigenvalue weighted by Crippen LogP contribution is 2.69. The van der Waals surface area contributed by atoms with Crippen LogP contribution in [0.15, 0.2) is 0 Å². The van der Waals surface area contributed by atoms with Crippen molar-refractivity contribution in [3.8, 4) is 0 Å². The summed E-state index contributed by atoms with van der Waals surface area (Å²) in [4.78, 5) is 11.9. The molecule has 3 saturated carbocycles. The van der Waals surface area contributed by atoms with E-state index in [1.54, 1.807) is 0 Å². The van der Waals surface area contributed by atoms with E-state index in [-0.39, 0.29) is 12.4 Å². The van der Waals surface area contributed by atoms with Crippen LogP contribution in [0.3, 0.4) is 0 Å². The van der Waals surface area contributed by atoms with Gasteiger partial charge in [-0.25, -0.2) is 0 Å². The third-order valence-corrected chi connectivity index (χ3v) is 4.71. The molecule has 3 nitrogen and oxygen atoms in total. The Kier molecular flexibility index (Phi) is 3.45. The number of halogens is 1. The van der Waals surface area contributed by atoms with Crippen molar-refractivity contribution >= 4 is 18.3 Å². The predicted molar refractivity (Wildman–Crippen MR) is 65.5 cm³/mol. The van der Waals surface area contributed by atoms with E-state index in [2.05, 4.69) is 10.6 Å². The smallest absolute Gasteiger partial charge is 0.223 e. The van der Waals surface area contributed by atoms with Crippen LogP contribution >= 0.6 is 12.4 Å². The second kappa shape index (κ2) is 4.53.